The van der Waals surface area contributed by atoms with Crippen molar-refractivity contribution < 1.29 is 19.4 Å². The molecule has 1 unspecified atom stereocenters. The van der Waals surface area contributed by atoms with E-state index in [0.717, 1.165) is 19.3 Å². The molecule has 1 fully saturated rings. The van der Waals surface area contributed by atoms with Crippen molar-refractivity contribution in [3.63, 3.8) is 0 Å². The van der Waals surface area contributed by atoms with Crippen LogP contribution in [0, 0.1) is 5.41 Å². The van der Waals surface area contributed by atoms with Crippen molar-refractivity contribution in [2.45, 2.75) is 39.2 Å². The number of aliphatic carboxylic acids is 1. The zero-order valence-electron chi connectivity index (χ0n) is 11.9. The molecule has 1 atom stereocenters. The average Bonchev–Trinajstić information content (AvgIpc) is 2.49. The number of rotatable bonds is 4. The van der Waals surface area contributed by atoms with Crippen LogP contribution in [0.4, 0.5) is 4.79 Å². The third-order valence-electron chi connectivity index (χ3n) is 3.56. The van der Waals surface area contributed by atoms with Gasteiger partial charge in [0.05, 0.1) is 6.61 Å². The molecule has 2 amide bonds. The Hall–Kier alpha value is -1.30. The summed E-state index contributed by atoms with van der Waals surface area (Å²) in [7, 11) is 1.41. The van der Waals surface area contributed by atoms with E-state index >= 15 is 0 Å². The highest BCUT2D eigenvalue weighted by Crippen LogP contribution is 2.29. The molecule has 110 valence electrons. The molecule has 0 radical (unpaired) electrons. The fourth-order valence-corrected chi connectivity index (χ4v) is 2.21. The third kappa shape index (κ3) is 5.06. The molecule has 0 aromatic carbocycles. The Balaban J connectivity index is 2.54. The van der Waals surface area contributed by atoms with Gasteiger partial charge in [0.15, 0.2) is 6.04 Å². The number of carboxylic acids is 1. The number of carbonyl (C=O) groups excluding carboxylic acids is 1. The maximum atomic E-state index is 12.0. The zero-order valence-corrected chi connectivity index (χ0v) is 11.9. The topological polar surface area (TPSA) is 78.9 Å². The highest BCUT2D eigenvalue weighted by molar-refractivity contribution is 5.82. The van der Waals surface area contributed by atoms with Gasteiger partial charge in [-0.3, -0.25) is 0 Å². The fourth-order valence-electron chi connectivity index (χ4n) is 2.21. The molecule has 0 aromatic heterocycles. The van der Waals surface area contributed by atoms with Gasteiger partial charge in [0.2, 0.25) is 0 Å². The number of nitrogens with one attached hydrogen (secondary N) is 1. The maximum absolute atomic E-state index is 12.0. The summed E-state index contributed by atoms with van der Waals surface area (Å²) in [5.74, 6) is -1.08. The number of carbonyl (C=O) groups is 2. The molecule has 6 heteroatoms. The Labute approximate surface area is 114 Å². The lowest BCUT2D eigenvalue weighted by Gasteiger charge is -2.25. The van der Waals surface area contributed by atoms with Crippen LogP contribution in [-0.2, 0) is 9.53 Å². The standard InChI is InChI=1S/C13H24N2O4/c1-13(2)5-4-7-15(8-6-13)12(18)14-10(9-19-3)11(16)17/h10H,4-9H2,1-3H3,(H,14,18)(H,16,17). The molecule has 1 aliphatic rings. The second kappa shape index (κ2) is 6.75. The SMILES string of the molecule is COCC(NC(=O)N1CCCC(C)(C)CC1)C(=O)O. The van der Waals surface area contributed by atoms with E-state index in [4.69, 9.17) is 9.84 Å². The monoisotopic (exact) mass is 272 g/mol. The van der Waals surface area contributed by atoms with Gasteiger partial charge in [-0.15, -0.1) is 0 Å². The molecular weight excluding hydrogens is 248 g/mol. The largest absolute Gasteiger partial charge is 0.480 e. The highest BCUT2D eigenvalue weighted by atomic mass is 16.5. The van der Waals surface area contributed by atoms with Gasteiger partial charge < -0.3 is 20.1 Å². The Morgan fingerprint density at radius 3 is 2.63 bits per heavy atom. The highest BCUT2D eigenvalue weighted by Gasteiger charge is 2.27. The molecule has 0 spiro atoms. The third-order valence-corrected chi connectivity index (χ3v) is 3.56. The number of carboxylic acid groups (broad SMARTS) is 1. The molecule has 1 heterocycles. The van der Waals surface area contributed by atoms with Crippen LogP contribution < -0.4 is 5.32 Å². The normalized spacial score (nSPS) is 20.5. The molecule has 0 aromatic rings. The zero-order chi connectivity index (χ0) is 14.5. The summed E-state index contributed by atoms with van der Waals surface area (Å²) in [5, 5.41) is 11.5. The molecular formula is C13H24N2O4. The Morgan fingerprint density at radius 1 is 1.37 bits per heavy atom. The van der Waals surface area contributed by atoms with Gasteiger partial charge in [-0.1, -0.05) is 13.8 Å². The lowest BCUT2D eigenvalue weighted by Crippen LogP contribution is -2.50. The summed E-state index contributed by atoms with van der Waals surface area (Å²) in [5.41, 5.74) is 0.244. The average molecular weight is 272 g/mol. The van der Waals surface area contributed by atoms with E-state index in [0.29, 0.717) is 13.1 Å². The minimum Gasteiger partial charge on any atom is -0.480 e. The molecule has 1 rings (SSSR count). The summed E-state index contributed by atoms with van der Waals surface area (Å²) in [6, 6.07) is -1.31. The number of likely N-dealkylation sites (tertiary alicyclic amines) is 1. The van der Waals surface area contributed by atoms with Crippen LogP contribution in [0.1, 0.15) is 33.1 Å². The first-order valence-electron chi connectivity index (χ1n) is 6.63. The molecule has 6 nitrogen and oxygen atoms in total. The summed E-state index contributed by atoms with van der Waals surface area (Å²) in [4.78, 5) is 24.7. The van der Waals surface area contributed by atoms with Crippen molar-refractivity contribution in [1.82, 2.24) is 10.2 Å². The van der Waals surface area contributed by atoms with Crippen molar-refractivity contribution in [1.29, 1.82) is 0 Å². The van der Waals surface area contributed by atoms with Crippen LogP contribution in [0.15, 0.2) is 0 Å². The molecule has 0 aliphatic carbocycles. The molecule has 2 N–H and O–H groups in total. The van der Waals surface area contributed by atoms with Crippen LogP contribution in [-0.4, -0.2) is 54.9 Å². The Morgan fingerprint density at radius 2 is 2.05 bits per heavy atom. The number of nitrogens with zero attached hydrogens (tertiary/aromatic N) is 1. The van der Waals surface area contributed by atoms with E-state index in [2.05, 4.69) is 19.2 Å². The van der Waals surface area contributed by atoms with Crippen LogP contribution in [0.2, 0.25) is 0 Å². The fraction of sp³-hybridized carbons (Fsp3) is 0.846. The number of methoxy groups -OCH3 is 1. The van der Waals surface area contributed by atoms with Gasteiger partial charge in [-0.05, 0) is 24.7 Å². The van der Waals surface area contributed by atoms with Crippen molar-refractivity contribution >= 4 is 12.0 Å². The van der Waals surface area contributed by atoms with E-state index in [1.54, 1.807) is 4.90 Å². The Bertz CT molecular complexity index is 331. The summed E-state index contributed by atoms with van der Waals surface area (Å²) < 4.78 is 4.80. The molecule has 1 saturated heterocycles. The lowest BCUT2D eigenvalue weighted by atomic mass is 9.85. The van der Waals surface area contributed by atoms with Crippen LogP contribution >= 0.6 is 0 Å². The van der Waals surface area contributed by atoms with Crippen LogP contribution in [0.5, 0.6) is 0 Å². The Kier molecular flexibility index (Phi) is 5.60. The van der Waals surface area contributed by atoms with Gasteiger partial charge in [-0.2, -0.15) is 0 Å². The first-order chi connectivity index (χ1) is 8.85. The van der Waals surface area contributed by atoms with E-state index < -0.39 is 12.0 Å². The number of urea groups is 1. The van der Waals surface area contributed by atoms with E-state index in [1.165, 1.54) is 7.11 Å². The quantitative estimate of drug-likeness (QED) is 0.808. The number of amides is 2. The lowest BCUT2D eigenvalue weighted by molar-refractivity contribution is -0.140. The maximum Gasteiger partial charge on any atom is 0.328 e. The van der Waals surface area contributed by atoms with Crippen molar-refractivity contribution in [3.8, 4) is 0 Å². The minimum absolute atomic E-state index is 0.0274. The van der Waals surface area contributed by atoms with Gasteiger partial charge in [0.1, 0.15) is 0 Å². The first kappa shape index (κ1) is 15.8. The van der Waals surface area contributed by atoms with Crippen molar-refractivity contribution in [2.75, 3.05) is 26.8 Å². The number of ether oxygens (including phenoxy) is 1. The van der Waals surface area contributed by atoms with E-state index in [9.17, 15) is 9.59 Å². The predicted octanol–water partition coefficient (Wildman–Crippen LogP) is 1.31. The van der Waals surface area contributed by atoms with Gasteiger partial charge in [-0.25, -0.2) is 9.59 Å². The second-order valence-corrected chi connectivity index (χ2v) is 5.80. The second-order valence-electron chi connectivity index (χ2n) is 5.80. The molecule has 0 saturated carbocycles. The van der Waals surface area contributed by atoms with Gasteiger partial charge >= 0.3 is 12.0 Å². The number of hydrogen-bond acceptors (Lipinski definition) is 3. The van der Waals surface area contributed by atoms with Crippen LogP contribution in [0.3, 0.4) is 0 Å². The van der Waals surface area contributed by atoms with Gasteiger partial charge in [0.25, 0.3) is 0 Å². The number of hydrogen-bond donors (Lipinski definition) is 2. The minimum atomic E-state index is -1.08. The van der Waals surface area contributed by atoms with E-state index in [1.807, 2.05) is 0 Å². The molecule has 19 heavy (non-hydrogen) atoms. The van der Waals surface area contributed by atoms with Crippen LogP contribution in [0.25, 0.3) is 0 Å². The van der Waals surface area contributed by atoms with Crippen molar-refractivity contribution in [3.05, 3.63) is 0 Å². The molecule has 0 bridgehead atoms. The smallest absolute Gasteiger partial charge is 0.328 e. The predicted molar refractivity (Wildman–Crippen MR) is 71.0 cm³/mol. The summed E-state index contributed by atoms with van der Waals surface area (Å²) in [6.07, 6.45) is 2.96. The van der Waals surface area contributed by atoms with E-state index in [-0.39, 0.29) is 18.1 Å². The summed E-state index contributed by atoms with van der Waals surface area (Å²) in [6.45, 7) is 5.70. The summed E-state index contributed by atoms with van der Waals surface area (Å²) >= 11 is 0. The first-order valence-corrected chi connectivity index (χ1v) is 6.63. The van der Waals surface area contributed by atoms with Crippen molar-refractivity contribution in [2.24, 2.45) is 5.41 Å². The van der Waals surface area contributed by atoms with Gasteiger partial charge in [0, 0.05) is 20.2 Å². The molecule has 1 aliphatic heterocycles.